The van der Waals surface area contributed by atoms with Crippen LogP contribution in [0.2, 0.25) is 0 Å². The number of hydrogen-bond donors (Lipinski definition) is 2. The second kappa shape index (κ2) is 7.65. The number of anilines is 2. The monoisotopic (exact) mass is 416 g/mol. The van der Waals surface area contributed by atoms with Gasteiger partial charge >= 0.3 is 0 Å². The number of aryl methyl sites for hydroxylation is 2. The Hall–Kier alpha value is -2.84. The van der Waals surface area contributed by atoms with Gasteiger partial charge < -0.3 is 0 Å². The molecule has 0 heterocycles. The molecule has 0 saturated carbocycles. The second-order valence-corrected chi connectivity index (χ2v) is 9.62. The van der Waals surface area contributed by atoms with E-state index >= 15 is 0 Å². The SMILES string of the molecule is Cc1ccccc1S(=O)(=O)Nc1ccc(NS(=O)(=O)c2ccccc2C)cc1. The molecule has 0 amide bonds. The lowest BCUT2D eigenvalue weighted by Gasteiger charge is -2.12. The summed E-state index contributed by atoms with van der Waals surface area (Å²) in [6.45, 7) is 3.44. The molecule has 0 aliphatic heterocycles. The summed E-state index contributed by atoms with van der Waals surface area (Å²) in [5.41, 5.74) is 1.94. The average Bonchev–Trinajstić information content (AvgIpc) is 2.63. The maximum Gasteiger partial charge on any atom is 0.262 e. The van der Waals surface area contributed by atoms with Gasteiger partial charge in [0.05, 0.1) is 9.79 Å². The predicted octanol–water partition coefficient (Wildman–Crippen LogP) is 3.91. The van der Waals surface area contributed by atoms with E-state index in [0.29, 0.717) is 22.5 Å². The van der Waals surface area contributed by atoms with Crippen LogP contribution in [0.4, 0.5) is 11.4 Å². The molecule has 0 unspecified atom stereocenters. The first-order valence-corrected chi connectivity index (χ1v) is 11.4. The van der Waals surface area contributed by atoms with Crippen molar-refractivity contribution in [1.82, 2.24) is 0 Å². The van der Waals surface area contributed by atoms with Gasteiger partial charge in [-0.05, 0) is 61.4 Å². The summed E-state index contributed by atoms with van der Waals surface area (Å²) in [5.74, 6) is 0. The molecule has 0 aliphatic rings. The van der Waals surface area contributed by atoms with Crippen LogP contribution in [0.15, 0.2) is 82.6 Å². The highest BCUT2D eigenvalue weighted by Gasteiger charge is 2.18. The number of hydrogen-bond acceptors (Lipinski definition) is 4. The molecule has 3 rings (SSSR count). The van der Waals surface area contributed by atoms with Crippen LogP contribution in [0.1, 0.15) is 11.1 Å². The van der Waals surface area contributed by atoms with Gasteiger partial charge in [-0.1, -0.05) is 36.4 Å². The Morgan fingerprint density at radius 2 is 0.857 bits per heavy atom. The van der Waals surface area contributed by atoms with E-state index in [4.69, 9.17) is 0 Å². The summed E-state index contributed by atoms with van der Waals surface area (Å²) >= 11 is 0. The third-order valence-electron chi connectivity index (χ3n) is 4.16. The lowest BCUT2D eigenvalue weighted by molar-refractivity contribution is 0.598. The molecule has 0 aliphatic carbocycles. The van der Waals surface area contributed by atoms with Crippen LogP contribution in [-0.2, 0) is 20.0 Å². The third kappa shape index (κ3) is 4.35. The van der Waals surface area contributed by atoms with E-state index in [9.17, 15) is 16.8 Å². The highest BCUT2D eigenvalue weighted by molar-refractivity contribution is 7.93. The zero-order valence-electron chi connectivity index (χ0n) is 15.4. The summed E-state index contributed by atoms with van der Waals surface area (Å²) in [7, 11) is -7.46. The summed E-state index contributed by atoms with van der Waals surface area (Å²) in [6.07, 6.45) is 0. The highest BCUT2D eigenvalue weighted by Crippen LogP contribution is 2.23. The van der Waals surface area contributed by atoms with Crippen molar-refractivity contribution in [2.45, 2.75) is 23.6 Å². The van der Waals surface area contributed by atoms with Crippen LogP contribution < -0.4 is 9.44 Å². The Balaban J connectivity index is 1.79. The van der Waals surface area contributed by atoms with Crippen molar-refractivity contribution in [2.75, 3.05) is 9.44 Å². The van der Waals surface area contributed by atoms with Gasteiger partial charge in [0.2, 0.25) is 0 Å². The van der Waals surface area contributed by atoms with Crippen LogP contribution in [0, 0.1) is 13.8 Å². The van der Waals surface area contributed by atoms with Crippen molar-refractivity contribution in [1.29, 1.82) is 0 Å². The van der Waals surface area contributed by atoms with Crippen molar-refractivity contribution in [3.63, 3.8) is 0 Å². The lowest BCUT2D eigenvalue weighted by Crippen LogP contribution is -2.15. The fraction of sp³-hybridized carbons (Fsp3) is 0.100. The Labute approximate surface area is 165 Å². The Morgan fingerprint density at radius 1 is 0.536 bits per heavy atom. The molecule has 6 nitrogen and oxygen atoms in total. The maximum atomic E-state index is 12.5. The van der Waals surface area contributed by atoms with Gasteiger partial charge in [0.15, 0.2) is 0 Å². The van der Waals surface area contributed by atoms with Gasteiger partial charge in [0.25, 0.3) is 20.0 Å². The molecule has 0 saturated heterocycles. The molecule has 0 fully saturated rings. The highest BCUT2D eigenvalue weighted by atomic mass is 32.2. The van der Waals surface area contributed by atoms with E-state index in [1.54, 1.807) is 50.2 Å². The molecule has 146 valence electrons. The molecular formula is C20H20N2O4S2. The van der Waals surface area contributed by atoms with Crippen LogP contribution >= 0.6 is 0 Å². The standard InChI is InChI=1S/C20H20N2O4S2/c1-15-7-3-5-9-19(15)27(23,24)21-17-11-13-18(14-12-17)22-28(25,26)20-10-6-4-8-16(20)2/h3-14,21-22H,1-2H3. The fourth-order valence-corrected chi connectivity index (χ4v) is 5.35. The molecule has 0 aromatic heterocycles. The van der Waals surface area contributed by atoms with Crippen molar-refractivity contribution in [2.24, 2.45) is 0 Å². The number of rotatable bonds is 6. The zero-order valence-corrected chi connectivity index (χ0v) is 17.0. The molecule has 0 spiro atoms. The molecule has 3 aromatic rings. The quantitative estimate of drug-likeness (QED) is 0.637. The van der Waals surface area contributed by atoms with Gasteiger partial charge in [-0.15, -0.1) is 0 Å². The fourth-order valence-electron chi connectivity index (χ4n) is 2.74. The molecule has 0 atom stereocenters. The lowest BCUT2D eigenvalue weighted by atomic mass is 10.2. The zero-order chi connectivity index (χ0) is 20.4. The number of sulfonamides is 2. The first-order valence-electron chi connectivity index (χ1n) is 8.46. The summed E-state index contributed by atoms with van der Waals surface area (Å²) in [4.78, 5) is 0.388. The molecular weight excluding hydrogens is 396 g/mol. The summed E-state index contributed by atoms with van der Waals surface area (Å²) in [6, 6.07) is 19.4. The second-order valence-electron chi connectivity index (χ2n) is 6.32. The van der Waals surface area contributed by atoms with Gasteiger partial charge in [0, 0.05) is 11.4 Å². The van der Waals surface area contributed by atoms with Crippen LogP contribution in [0.25, 0.3) is 0 Å². The maximum absolute atomic E-state index is 12.5. The van der Waals surface area contributed by atoms with Crippen molar-refractivity contribution < 1.29 is 16.8 Å². The summed E-state index contributed by atoms with van der Waals surface area (Å²) in [5, 5.41) is 0. The Bertz CT molecular complexity index is 1110. The van der Waals surface area contributed by atoms with Gasteiger partial charge in [-0.3, -0.25) is 9.44 Å². The van der Waals surface area contributed by atoms with Crippen molar-refractivity contribution >= 4 is 31.4 Å². The van der Waals surface area contributed by atoms with Gasteiger partial charge in [0.1, 0.15) is 0 Å². The smallest absolute Gasteiger partial charge is 0.262 e. The van der Waals surface area contributed by atoms with E-state index in [0.717, 1.165) is 0 Å². The first-order chi connectivity index (χ1) is 13.2. The van der Waals surface area contributed by atoms with E-state index in [2.05, 4.69) is 9.44 Å². The van der Waals surface area contributed by atoms with Crippen LogP contribution in [-0.4, -0.2) is 16.8 Å². The number of nitrogens with one attached hydrogen (secondary N) is 2. The normalized spacial score (nSPS) is 11.8. The minimum absolute atomic E-state index is 0.194. The predicted molar refractivity (Wildman–Crippen MR) is 110 cm³/mol. The topological polar surface area (TPSA) is 92.3 Å². The van der Waals surface area contributed by atoms with Gasteiger partial charge in [-0.2, -0.15) is 0 Å². The minimum Gasteiger partial charge on any atom is -0.280 e. The molecule has 2 N–H and O–H groups in total. The van der Waals surface area contributed by atoms with E-state index < -0.39 is 20.0 Å². The van der Waals surface area contributed by atoms with Crippen molar-refractivity contribution in [3.8, 4) is 0 Å². The number of benzene rings is 3. The molecule has 0 bridgehead atoms. The van der Waals surface area contributed by atoms with Crippen molar-refractivity contribution in [3.05, 3.63) is 83.9 Å². The Morgan fingerprint density at radius 3 is 1.18 bits per heavy atom. The first kappa shape index (κ1) is 19.9. The molecule has 8 heteroatoms. The molecule has 28 heavy (non-hydrogen) atoms. The van der Waals surface area contributed by atoms with Gasteiger partial charge in [-0.25, -0.2) is 16.8 Å². The molecule has 0 radical (unpaired) electrons. The third-order valence-corrected chi connectivity index (χ3v) is 7.24. The van der Waals surface area contributed by atoms with E-state index in [-0.39, 0.29) is 9.79 Å². The average molecular weight is 417 g/mol. The summed E-state index contributed by atoms with van der Waals surface area (Å²) < 4.78 is 55.1. The van der Waals surface area contributed by atoms with E-state index in [1.165, 1.54) is 36.4 Å². The van der Waals surface area contributed by atoms with Crippen LogP contribution in [0.3, 0.4) is 0 Å². The largest absolute Gasteiger partial charge is 0.280 e. The van der Waals surface area contributed by atoms with Crippen LogP contribution in [0.5, 0.6) is 0 Å². The Kier molecular flexibility index (Phi) is 5.44. The minimum atomic E-state index is -3.73. The molecule has 3 aromatic carbocycles. The van der Waals surface area contributed by atoms with E-state index in [1.807, 2.05) is 0 Å².